The maximum atomic E-state index is 13.1. The maximum Gasteiger partial charge on any atom is 0.240 e. The summed E-state index contributed by atoms with van der Waals surface area (Å²) < 4.78 is 1.63. The van der Waals surface area contributed by atoms with Crippen LogP contribution < -0.4 is 10.7 Å². The molecule has 1 amide bonds. The fourth-order valence-electron chi connectivity index (χ4n) is 3.51. The summed E-state index contributed by atoms with van der Waals surface area (Å²) in [5, 5.41) is 3.81. The Kier molecular flexibility index (Phi) is 6.14. The Labute approximate surface area is 189 Å². The van der Waals surface area contributed by atoms with Gasteiger partial charge in [0.05, 0.1) is 11.1 Å². The summed E-state index contributed by atoms with van der Waals surface area (Å²) in [5.41, 5.74) is 2.28. The van der Waals surface area contributed by atoms with Gasteiger partial charge in [-0.2, -0.15) is 0 Å². The maximum absolute atomic E-state index is 13.1. The Morgan fingerprint density at radius 1 is 1.06 bits per heavy atom. The molecule has 0 unspecified atom stereocenters. The first kappa shape index (κ1) is 21.5. The number of nitrogens with one attached hydrogen (secondary N) is 1. The zero-order valence-corrected chi connectivity index (χ0v) is 18.1. The third-order valence-corrected chi connectivity index (χ3v) is 5.54. The molecule has 0 radical (unpaired) electrons. The number of rotatable bonds is 6. The molecule has 32 heavy (non-hydrogen) atoms. The predicted octanol–water partition coefficient (Wildman–Crippen LogP) is 3.91. The Morgan fingerprint density at radius 2 is 1.81 bits per heavy atom. The van der Waals surface area contributed by atoms with E-state index in [1.165, 1.54) is 18.6 Å². The molecule has 2 aromatic carbocycles. The number of ketones is 1. The summed E-state index contributed by atoms with van der Waals surface area (Å²) in [5.74, 6) is -0.677. The van der Waals surface area contributed by atoms with Crippen LogP contribution in [0.25, 0.3) is 10.9 Å². The summed E-state index contributed by atoms with van der Waals surface area (Å²) in [6, 6.07) is 15.8. The molecule has 0 atom stereocenters. The highest BCUT2D eigenvalue weighted by atomic mass is 35.5. The number of pyridine rings is 2. The first-order valence-electron chi connectivity index (χ1n) is 10.0. The minimum atomic E-state index is -0.411. The summed E-state index contributed by atoms with van der Waals surface area (Å²) in [7, 11) is 0. The van der Waals surface area contributed by atoms with Gasteiger partial charge in [0.25, 0.3) is 0 Å². The van der Waals surface area contributed by atoms with Crippen LogP contribution in [0.4, 0.5) is 0 Å². The molecule has 7 heteroatoms. The van der Waals surface area contributed by atoms with E-state index in [9.17, 15) is 14.4 Å². The molecule has 0 fully saturated rings. The van der Waals surface area contributed by atoms with E-state index >= 15 is 0 Å². The van der Waals surface area contributed by atoms with Crippen LogP contribution in [0.15, 0.2) is 78.0 Å². The number of benzene rings is 2. The van der Waals surface area contributed by atoms with Crippen molar-refractivity contribution in [2.24, 2.45) is 0 Å². The van der Waals surface area contributed by atoms with Crippen LogP contribution in [0.1, 0.15) is 27.0 Å². The van der Waals surface area contributed by atoms with E-state index in [1.54, 1.807) is 34.9 Å². The van der Waals surface area contributed by atoms with Gasteiger partial charge >= 0.3 is 0 Å². The molecule has 4 aromatic rings. The van der Waals surface area contributed by atoms with Crippen molar-refractivity contribution in [3.63, 3.8) is 0 Å². The van der Waals surface area contributed by atoms with Crippen LogP contribution in [-0.2, 0) is 17.9 Å². The molecule has 4 rings (SSSR count). The van der Waals surface area contributed by atoms with Gasteiger partial charge in [-0.05, 0) is 42.8 Å². The number of hydrogen-bond acceptors (Lipinski definition) is 4. The highest BCUT2D eigenvalue weighted by molar-refractivity contribution is 6.31. The molecule has 0 aliphatic carbocycles. The summed E-state index contributed by atoms with van der Waals surface area (Å²) in [6.45, 7) is 2.09. The SMILES string of the molecule is Cc1ccc2c(c1)c(=O)c(C(=O)c1ccncc1)cn2CC(=O)NCc1ccccc1Cl. The predicted molar refractivity (Wildman–Crippen MR) is 124 cm³/mol. The molecule has 0 saturated heterocycles. The van der Waals surface area contributed by atoms with Gasteiger partial charge in [-0.3, -0.25) is 19.4 Å². The number of aryl methyl sites for hydroxylation is 1. The van der Waals surface area contributed by atoms with Crippen LogP contribution in [-0.4, -0.2) is 21.2 Å². The Morgan fingerprint density at radius 3 is 2.56 bits per heavy atom. The van der Waals surface area contributed by atoms with Gasteiger partial charge in [0.15, 0.2) is 5.78 Å². The average Bonchev–Trinajstić information content (AvgIpc) is 2.80. The van der Waals surface area contributed by atoms with E-state index in [0.29, 0.717) is 21.5 Å². The van der Waals surface area contributed by atoms with Crippen molar-refractivity contribution in [3.05, 3.63) is 111 Å². The second kappa shape index (κ2) is 9.16. The molecular formula is C25H20ClN3O3. The van der Waals surface area contributed by atoms with Crippen LogP contribution in [0, 0.1) is 6.92 Å². The lowest BCUT2D eigenvalue weighted by molar-refractivity contribution is -0.121. The molecule has 0 spiro atoms. The highest BCUT2D eigenvalue weighted by Crippen LogP contribution is 2.17. The normalized spacial score (nSPS) is 10.8. The quantitative estimate of drug-likeness (QED) is 0.456. The summed E-state index contributed by atoms with van der Waals surface area (Å²) in [4.78, 5) is 42.8. The van der Waals surface area contributed by atoms with Crippen LogP contribution in [0.3, 0.4) is 0 Å². The van der Waals surface area contributed by atoms with Gasteiger partial charge in [0.1, 0.15) is 6.54 Å². The molecule has 0 saturated carbocycles. The van der Waals surface area contributed by atoms with Gasteiger partial charge < -0.3 is 9.88 Å². The zero-order chi connectivity index (χ0) is 22.7. The van der Waals surface area contributed by atoms with E-state index < -0.39 is 5.78 Å². The Balaban J connectivity index is 1.69. The van der Waals surface area contributed by atoms with Crippen molar-refractivity contribution < 1.29 is 9.59 Å². The molecule has 0 bridgehead atoms. The zero-order valence-electron chi connectivity index (χ0n) is 17.3. The third-order valence-electron chi connectivity index (χ3n) is 5.17. The third kappa shape index (κ3) is 4.45. The van der Waals surface area contributed by atoms with Crippen LogP contribution in [0.2, 0.25) is 5.02 Å². The molecule has 1 N–H and O–H groups in total. The van der Waals surface area contributed by atoms with Crippen molar-refractivity contribution in [1.29, 1.82) is 0 Å². The van der Waals surface area contributed by atoms with Crippen LogP contribution in [0.5, 0.6) is 0 Å². The van der Waals surface area contributed by atoms with E-state index in [0.717, 1.165) is 11.1 Å². The average molecular weight is 446 g/mol. The molecule has 0 aliphatic heterocycles. The Hall–Kier alpha value is -3.77. The van der Waals surface area contributed by atoms with Crippen LogP contribution >= 0.6 is 11.6 Å². The van der Waals surface area contributed by atoms with Crippen molar-refractivity contribution >= 4 is 34.2 Å². The number of halogens is 1. The van der Waals surface area contributed by atoms with Gasteiger partial charge in [-0.25, -0.2) is 0 Å². The second-order valence-electron chi connectivity index (χ2n) is 7.45. The van der Waals surface area contributed by atoms with E-state index in [4.69, 9.17) is 11.6 Å². The first-order chi connectivity index (χ1) is 15.4. The van der Waals surface area contributed by atoms with Crippen molar-refractivity contribution in [3.8, 4) is 0 Å². The van der Waals surface area contributed by atoms with E-state index in [2.05, 4.69) is 10.3 Å². The van der Waals surface area contributed by atoms with E-state index in [-0.39, 0.29) is 30.0 Å². The lowest BCUT2D eigenvalue weighted by Crippen LogP contribution is -2.29. The number of hydrogen-bond donors (Lipinski definition) is 1. The number of amides is 1. The monoisotopic (exact) mass is 445 g/mol. The topological polar surface area (TPSA) is 81.1 Å². The van der Waals surface area contributed by atoms with Crippen molar-refractivity contribution in [1.82, 2.24) is 14.9 Å². The smallest absolute Gasteiger partial charge is 0.240 e. The Bertz CT molecular complexity index is 1380. The highest BCUT2D eigenvalue weighted by Gasteiger charge is 2.18. The molecule has 0 aliphatic rings. The number of fused-ring (bicyclic) bond motifs is 1. The van der Waals surface area contributed by atoms with Gasteiger partial charge in [0.2, 0.25) is 11.3 Å². The standard InChI is InChI=1S/C25H20ClN3O3/c1-16-6-7-22-19(12-16)25(32)20(24(31)17-8-10-27-11-9-17)14-29(22)15-23(30)28-13-18-4-2-3-5-21(18)26/h2-12,14H,13,15H2,1H3,(H,28,30). The molecule has 2 heterocycles. The van der Waals surface area contributed by atoms with E-state index in [1.807, 2.05) is 31.2 Å². The number of nitrogens with zero attached hydrogens (tertiary/aromatic N) is 2. The second-order valence-corrected chi connectivity index (χ2v) is 7.86. The summed E-state index contributed by atoms with van der Waals surface area (Å²) >= 11 is 6.16. The molecule has 2 aromatic heterocycles. The van der Waals surface area contributed by atoms with Gasteiger partial charge in [-0.15, -0.1) is 0 Å². The first-order valence-corrected chi connectivity index (χ1v) is 10.4. The number of carbonyl (C=O) groups excluding carboxylic acids is 2. The molecule has 6 nitrogen and oxygen atoms in total. The molecular weight excluding hydrogens is 426 g/mol. The fraction of sp³-hybridized carbons (Fsp3) is 0.120. The largest absolute Gasteiger partial charge is 0.350 e. The fourth-order valence-corrected chi connectivity index (χ4v) is 3.71. The van der Waals surface area contributed by atoms with Crippen molar-refractivity contribution in [2.45, 2.75) is 20.0 Å². The minimum Gasteiger partial charge on any atom is -0.350 e. The van der Waals surface area contributed by atoms with Gasteiger partial charge in [-0.1, -0.05) is 41.4 Å². The number of aromatic nitrogens is 2. The number of carbonyl (C=O) groups is 2. The minimum absolute atomic E-state index is 0.00760. The van der Waals surface area contributed by atoms with Gasteiger partial charge in [0, 0.05) is 41.1 Å². The lowest BCUT2D eigenvalue weighted by Gasteiger charge is -2.14. The lowest BCUT2D eigenvalue weighted by atomic mass is 10.0. The molecule has 160 valence electrons. The van der Waals surface area contributed by atoms with Crippen molar-refractivity contribution in [2.75, 3.05) is 0 Å². The summed E-state index contributed by atoms with van der Waals surface area (Å²) in [6.07, 6.45) is 4.45.